The molecule has 2 aromatic carbocycles. The zero-order valence-corrected chi connectivity index (χ0v) is 14.1. The summed E-state index contributed by atoms with van der Waals surface area (Å²) in [5.41, 5.74) is 0.204. The first-order valence-corrected chi connectivity index (χ1v) is 7.52. The molecule has 0 spiro atoms. The molecule has 26 heavy (non-hydrogen) atoms. The minimum Gasteiger partial charge on any atom is -0.496 e. The molecular formula is C17H17N3O6. The third kappa shape index (κ3) is 4.69. The molecule has 0 saturated carbocycles. The Kier molecular flexibility index (Phi) is 6.10. The number of hydrogen-bond donors (Lipinski definition) is 2. The fraction of sp³-hybridized carbons (Fsp3) is 0.176. The largest absolute Gasteiger partial charge is 0.496 e. The molecule has 0 aliphatic heterocycles. The molecule has 9 heteroatoms. The number of nitrogens with zero attached hydrogens (tertiary/aromatic N) is 1. The molecule has 0 atom stereocenters. The summed E-state index contributed by atoms with van der Waals surface area (Å²) in [5.74, 6) is -0.271. The van der Waals surface area contributed by atoms with Gasteiger partial charge in [-0.05, 0) is 18.2 Å². The third-order valence-electron chi connectivity index (χ3n) is 3.38. The molecule has 0 aliphatic rings. The quantitative estimate of drug-likeness (QED) is 0.576. The Bertz CT molecular complexity index is 837. The van der Waals surface area contributed by atoms with Crippen molar-refractivity contribution in [3.63, 3.8) is 0 Å². The third-order valence-corrected chi connectivity index (χ3v) is 3.38. The van der Waals surface area contributed by atoms with E-state index in [9.17, 15) is 19.7 Å². The number of anilines is 1. The molecule has 2 aromatic rings. The number of hydrogen-bond acceptors (Lipinski definition) is 6. The first kappa shape index (κ1) is 18.7. The van der Waals surface area contributed by atoms with Gasteiger partial charge in [0.15, 0.2) is 6.61 Å². The maximum absolute atomic E-state index is 12.5. The normalized spacial score (nSPS) is 9.92. The predicted molar refractivity (Wildman–Crippen MR) is 93.6 cm³/mol. The Balaban J connectivity index is 2.18. The van der Waals surface area contributed by atoms with Crippen LogP contribution in [-0.2, 0) is 4.79 Å². The van der Waals surface area contributed by atoms with Gasteiger partial charge in [-0.15, -0.1) is 0 Å². The summed E-state index contributed by atoms with van der Waals surface area (Å²) < 4.78 is 10.4. The molecule has 9 nitrogen and oxygen atoms in total. The van der Waals surface area contributed by atoms with E-state index in [1.165, 1.54) is 32.4 Å². The summed E-state index contributed by atoms with van der Waals surface area (Å²) in [6.07, 6.45) is 0. The summed E-state index contributed by atoms with van der Waals surface area (Å²) in [7, 11) is 2.86. The van der Waals surface area contributed by atoms with Crippen molar-refractivity contribution in [2.45, 2.75) is 0 Å². The monoisotopic (exact) mass is 359 g/mol. The Hall–Kier alpha value is -3.62. The maximum atomic E-state index is 12.5. The summed E-state index contributed by atoms with van der Waals surface area (Å²) in [6, 6.07) is 10.2. The van der Waals surface area contributed by atoms with E-state index >= 15 is 0 Å². The highest BCUT2D eigenvalue weighted by Crippen LogP contribution is 2.25. The predicted octanol–water partition coefficient (Wildman–Crippen LogP) is 1.98. The molecule has 2 rings (SSSR count). The molecule has 2 N–H and O–H groups in total. The first-order chi connectivity index (χ1) is 12.4. The molecular weight excluding hydrogens is 342 g/mol. The van der Waals surface area contributed by atoms with E-state index in [2.05, 4.69) is 10.6 Å². The van der Waals surface area contributed by atoms with Gasteiger partial charge in [-0.2, -0.15) is 0 Å². The number of carbonyl (C=O) groups is 2. The van der Waals surface area contributed by atoms with Gasteiger partial charge < -0.3 is 20.1 Å². The van der Waals surface area contributed by atoms with Crippen molar-refractivity contribution in [3.8, 4) is 11.5 Å². The number of ether oxygens (including phenoxy) is 2. The van der Waals surface area contributed by atoms with Gasteiger partial charge in [0, 0.05) is 30.9 Å². The lowest BCUT2D eigenvalue weighted by Gasteiger charge is -2.11. The Morgan fingerprint density at radius 2 is 1.96 bits per heavy atom. The standard InChI is InChI=1S/C17H17N3O6/c1-18-16(21)10-26-13-5-3-4-11(8-13)19-17(22)14-9-12(20(23)24)6-7-15(14)25-2/h3-9H,10H2,1-2H3,(H,18,21)(H,19,22). The lowest BCUT2D eigenvalue weighted by Crippen LogP contribution is -2.24. The Morgan fingerprint density at radius 3 is 2.62 bits per heavy atom. The number of nitro benzene ring substituents is 1. The summed E-state index contributed by atoms with van der Waals surface area (Å²) in [6.45, 7) is -0.160. The average molecular weight is 359 g/mol. The second-order valence-corrected chi connectivity index (χ2v) is 5.09. The van der Waals surface area contributed by atoms with Gasteiger partial charge in [0.2, 0.25) is 0 Å². The smallest absolute Gasteiger partial charge is 0.270 e. The van der Waals surface area contributed by atoms with E-state index in [1.807, 2.05) is 0 Å². The minimum atomic E-state index is -0.594. The van der Waals surface area contributed by atoms with E-state index in [4.69, 9.17) is 9.47 Å². The molecule has 0 saturated heterocycles. The van der Waals surface area contributed by atoms with Crippen molar-refractivity contribution in [3.05, 3.63) is 58.1 Å². The van der Waals surface area contributed by atoms with E-state index in [1.54, 1.807) is 18.2 Å². The van der Waals surface area contributed by atoms with Gasteiger partial charge in [0.1, 0.15) is 11.5 Å². The topological polar surface area (TPSA) is 120 Å². The average Bonchev–Trinajstić information content (AvgIpc) is 2.65. The number of nitrogens with one attached hydrogen (secondary N) is 2. The second-order valence-electron chi connectivity index (χ2n) is 5.09. The van der Waals surface area contributed by atoms with E-state index < -0.39 is 10.8 Å². The van der Waals surface area contributed by atoms with Gasteiger partial charge in [-0.3, -0.25) is 19.7 Å². The highest BCUT2D eigenvalue weighted by molar-refractivity contribution is 6.06. The van der Waals surface area contributed by atoms with Gasteiger partial charge in [-0.1, -0.05) is 6.07 Å². The number of nitro groups is 1. The summed E-state index contributed by atoms with van der Waals surface area (Å²) >= 11 is 0. The van der Waals surface area contributed by atoms with Crippen molar-refractivity contribution >= 4 is 23.2 Å². The Labute approximate surface area is 149 Å². The maximum Gasteiger partial charge on any atom is 0.270 e. The SMILES string of the molecule is CNC(=O)COc1cccc(NC(=O)c2cc([N+](=O)[O-])ccc2OC)c1. The zero-order valence-electron chi connectivity index (χ0n) is 14.1. The van der Waals surface area contributed by atoms with Gasteiger partial charge in [0.25, 0.3) is 17.5 Å². The van der Waals surface area contributed by atoms with Crippen LogP contribution in [0.25, 0.3) is 0 Å². The van der Waals surface area contributed by atoms with Crippen molar-refractivity contribution in [1.82, 2.24) is 5.32 Å². The number of likely N-dealkylation sites (N-methyl/N-ethyl adjacent to an activating group) is 1. The molecule has 0 aliphatic carbocycles. The summed E-state index contributed by atoms with van der Waals surface area (Å²) in [4.78, 5) is 34.0. The molecule has 0 heterocycles. The lowest BCUT2D eigenvalue weighted by atomic mass is 10.1. The highest BCUT2D eigenvalue weighted by Gasteiger charge is 2.17. The minimum absolute atomic E-state index is 0.0263. The Morgan fingerprint density at radius 1 is 1.19 bits per heavy atom. The lowest BCUT2D eigenvalue weighted by molar-refractivity contribution is -0.384. The number of amides is 2. The van der Waals surface area contributed by atoms with E-state index in [0.717, 1.165) is 6.07 Å². The molecule has 0 radical (unpaired) electrons. The second kappa shape index (κ2) is 8.47. The van der Waals surface area contributed by atoms with Crippen LogP contribution in [0.2, 0.25) is 0 Å². The number of carbonyl (C=O) groups excluding carboxylic acids is 2. The van der Waals surface area contributed by atoms with Gasteiger partial charge in [0.05, 0.1) is 17.6 Å². The molecule has 0 unspecified atom stereocenters. The van der Waals surface area contributed by atoms with Crippen molar-refractivity contribution in [2.75, 3.05) is 26.1 Å². The first-order valence-electron chi connectivity index (χ1n) is 7.52. The van der Waals surface area contributed by atoms with E-state index in [0.29, 0.717) is 11.4 Å². The number of non-ortho nitro benzene ring substituents is 1. The number of benzene rings is 2. The summed E-state index contributed by atoms with van der Waals surface area (Å²) in [5, 5.41) is 16.0. The number of rotatable bonds is 7. The van der Waals surface area contributed by atoms with Crippen molar-refractivity contribution < 1.29 is 24.0 Å². The van der Waals surface area contributed by atoms with Crippen LogP contribution in [0.1, 0.15) is 10.4 Å². The zero-order chi connectivity index (χ0) is 19.1. The van der Waals surface area contributed by atoms with Gasteiger partial charge in [-0.25, -0.2) is 0 Å². The van der Waals surface area contributed by atoms with Crippen LogP contribution in [-0.4, -0.2) is 37.5 Å². The van der Waals surface area contributed by atoms with E-state index in [-0.39, 0.29) is 29.5 Å². The van der Waals surface area contributed by atoms with Gasteiger partial charge >= 0.3 is 0 Å². The van der Waals surface area contributed by atoms with Crippen molar-refractivity contribution in [1.29, 1.82) is 0 Å². The molecule has 0 aromatic heterocycles. The molecule has 136 valence electrons. The van der Waals surface area contributed by atoms with Crippen molar-refractivity contribution in [2.24, 2.45) is 0 Å². The van der Waals surface area contributed by atoms with Crippen LogP contribution in [0.15, 0.2) is 42.5 Å². The van der Waals surface area contributed by atoms with Crippen LogP contribution in [0.4, 0.5) is 11.4 Å². The van der Waals surface area contributed by atoms with Crippen LogP contribution >= 0.6 is 0 Å². The fourth-order valence-electron chi connectivity index (χ4n) is 2.07. The van der Waals surface area contributed by atoms with Crippen LogP contribution < -0.4 is 20.1 Å². The molecule has 0 bridgehead atoms. The highest BCUT2D eigenvalue weighted by atomic mass is 16.6. The van der Waals surface area contributed by atoms with Crippen LogP contribution in [0, 0.1) is 10.1 Å². The molecule has 2 amide bonds. The van der Waals surface area contributed by atoms with Crippen LogP contribution in [0.5, 0.6) is 11.5 Å². The fourth-order valence-corrected chi connectivity index (χ4v) is 2.07. The number of methoxy groups -OCH3 is 1. The molecule has 0 fully saturated rings. The van der Waals surface area contributed by atoms with Crippen LogP contribution in [0.3, 0.4) is 0 Å².